The van der Waals surface area contributed by atoms with Crippen molar-refractivity contribution in [2.45, 2.75) is 12.8 Å². The van der Waals surface area contributed by atoms with Gasteiger partial charge in [0.05, 0.1) is 33.9 Å². The van der Waals surface area contributed by atoms with E-state index in [0.29, 0.717) is 5.69 Å². The Kier molecular flexibility index (Phi) is 6.70. The van der Waals surface area contributed by atoms with Crippen molar-refractivity contribution < 1.29 is 9.66 Å². The molecule has 0 aromatic heterocycles. The average Bonchev–Trinajstić information content (AvgIpc) is 2.50. The van der Waals surface area contributed by atoms with Crippen LogP contribution in [0.2, 0.25) is 10.0 Å². The van der Waals surface area contributed by atoms with E-state index in [9.17, 15) is 10.1 Å². The van der Waals surface area contributed by atoms with Crippen LogP contribution in [0.1, 0.15) is 12.8 Å². The minimum atomic E-state index is -0.510. The molecule has 1 fully saturated rings. The van der Waals surface area contributed by atoms with Gasteiger partial charge in [0.15, 0.2) is 0 Å². The minimum Gasteiger partial charge on any atom is -0.383 e. The molecular weight excluding hydrogens is 329 g/mol. The molecule has 0 bridgehead atoms. The van der Waals surface area contributed by atoms with Gasteiger partial charge in [-0.15, -0.1) is 0 Å². The van der Waals surface area contributed by atoms with Crippen LogP contribution in [0.5, 0.6) is 0 Å². The van der Waals surface area contributed by atoms with Crippen LogP contribution >= 0.6 is 23.2 Å². The van der Waals surface area contributed by atoms with E-state index in [1.807, 2.05) is 0 Å². The first-order chi connectivity index (χ1) is 10.6. The lowest BCUT2D eigenvalue weighted by molar-refractivity contribution is -0.384. The summed E-state index contributed by atoms with van der Waals surface area (Å²) >= 11 is 12.1. The van der Waals surface area contributed by atoms with Gasteiger partial charge >= 0.3 is 0 Å². The number of nitrogens with one attached hydrogen (secondary N) is 1. The molecule has 1 aliphatic rings. The predicted octanol–water partition coefficient (Wildman–Crippen LogP) is 3.43. The van der Waals surface area contributed by atoms with Crippen molar-refractivity contribution in [2.24, 2.45) is 0 Å². The first-order valence-electron chi connectivity index (χ1n) is 7.25. The zero-order chi connectivity index (χ0) is 15.9. The molecule has 1 aromatic rings. The summed E-state index contributed by atoms with van der Waals surface area (Å²) in [6.45, 7) is 5.38. The molecule has 1 N–H and O–H groups in total. The van der Waals surface area contributed by atoms with Crippen LogP contribution in [0.4, 0.5) is 11.4 Å². The van der Waals surface area contributed by atoms with Gasteiger partial charge in [-0.3, -0.25) is 15.0 Å². The van der Waals surface area contributed by atoms with Crippen LogP contribution < -0.4 is 5.32 Å². The maximum Gasteiger partial charge on any atom is 0.272 e. The zero-order valence-corrected chi connectivity index (χ0v) is 13.7. The SMILES string of the molecule is O=[N+]([O-])c1cc(Cl)c(NCCCCN2CCOCC2)c(Cl)c1. The molecule has 1 saturated heterocycles. The molecule has 0 atom stereocenters. The van der Waals surface area contributed by atoms with Gasteiger partial charge in [-0.2, -0.15) is 0 Å². The summed E-state index contributed by atoms with van der Waals surface area (Å²) in [6, 6.07) is 2.62. The molecule has 1 aromatic carbocycles. The molecule has 2 rings (SSSR count). The third-order valence-corrected chi connectivity index (χ3v) is 4.14. The first-order valence-corrected chi connectivity index (χ1v) is 8.01. The second kappa shape index (κ2) is 8.53. The van der Waals surface area contributed by atoms with Gasteiger partial charge in [0.25, 0.3) is 5.69 Å². The molecule has 0 unspecified atom stereocenters. The molecule has 1 aliphatic heterocycles. The van der Waals surface area contributed by atoms with E-state index >= 15 is 0 Å². The lowest BCUT2D eigenvalue weighted by Gasteiger charge is -2.26. The largest absolute Gasteiger partial charge is 0.383 e. The van der Waals surface area contributed by atoms with E-state index in [4.69, 9.17) is 27.9 Å². The lowest BCUT2D eigenvalue weighted by Crippen LogP contribution is -2.36. The van der Waals surface area contributed by atoms with E-state index in [0.717, 1.165) is 52.2 Å². The fraction of sp³-hybridized carbons (Fsp3) is 0.571. The molecule has 6 nitrogen and oxygen atoms in total. The van der Waals surface area contributed by atoms with E-state index in [2.05, 4.69) is 10.2 Å². The van der Waals surface area contributed by atoms with Gasteiger partial charge in [0.1, 0.15) is 0 Å². The Bertz CT molecular complexity index is 499. The third-order valence-electron chi connectivity index (χ3n) is 3.54. The number of nitro benzene ring substituents is 1. The number of halogens is 2. The Hall–Kier alpha value is -1.08. The van der Waals surface area contributed by atoms with Crippen molar-refractivity contribution in [2.75, 3.05) is 44.7 Å². The van der Waals surface area contributed by atoms with Crippen LogP contribution in [-0.2, 0) is 4.74 Å². The molecule has 0 radical (unpaired) electrons. The highest BCUT2D eigenvalue weighted by Crippen LogP contribution is 2.34. The Morgan fingerprint density at radius 3 is 2.45 bits per heavy atom. The number of rotatable bonds is 7. The highest BCUT2D eigenvalue weighted by atomic mass is 35.5. The summed E-state index contributed by atoms with van der Waals surface area (Å²) < 4.78 is 5.31. The second-order valence-corrected chi connectivity index (χ2v) is 5.94. The Morgan fingerprint density at radius 2 is 1.86 bits per heavy atom. The van der Waals surface area contributed by atoms with Crippen molar-refractivity contribution in [3.8, 4) is 0 Å². The molecule has 122 valence electrons. The highest BCUT2D eigenvalue weighted by Gasteiger charge is 2.14. The summed E-state index contributed by atoms with van der Waals surface area (Å²) in [4.78, 5) is 12.6. The molecule has 0 amide bonds. The average molecular weight is 348 g/mol. The number of nitro groups is 1. The molecule has 0 saturated carbocycles. The number of non-ortho nitro benzene ring substituents is 1. The number of unbranched alkanes of at least 4 members (excludes halogenated alkanes) is 1. The summed E-state index contributed by atoms with van der Waals surface area (Å²) in [5, 5.41) is 14.4. The molecule has 22 heavy (non-hydrogen) atoms. The van der Waals surface area contributed by atoms with Crippen molar-refractivity contribution in [1.82, 2.24) is 4.90 Å². The summed E-state index contributed by atoms with van der Waals surface area (Å²) in [5.41, 5.74) is 0.452. The molecule has 8 heteroatoms. The van der Waals surface area contributed by atoms with Gasteiger partial charge in [-0.1, -0.05) is 23.2 Å². The topological polar surface area (TPSA) is 67.6 Å². The summed E-state index contributed by atoms with van der Waals surface area (Å²) in [5.74, 6) is 0. The fourth-order valence-corrected chi connectivity index (χ4v) is 2.94. The molecule has 0 spiro atoms. The maximum atomic E-state index is 10.7. The van der Waals surface area contributed by atoms with E-state index < -0.39 is 4.92 Å². The molecular formula is C14H19Cl2N3O3. The summed E-state index contributed by atoms with van der Waals surface area (Å²) in [7, 11) is 0. The number of hydrogen-bond donors (Lipinski definition) is 1. The van der Waals surface area contributed by atoms with Gasteiger partial charge in [0.2, 0.25) is 0 Å². The van der Waals surface area contributed by atoms with E-state index in [1.54, 1.807) is 0 Å². The monoisotopic (exact) mass is 347 g/mol. The lowest BCUT2D eigenvalue weighted by atomic mass is 10.2. The highest BCUT2D eigenvalue weighted by molar-refractivity contribution is 6.39. The van der Waals surface area contributed by atoms with E-state index in [1.165, 1.54) is 12.1 Å². The smallest absolute Gasteiger partial charge is 0.272 e. The first kappa shape index (κ1) is 17.3. The quantitative estimate of drug-likeness (QED) is 0.465. The van der Waals surface area contributed by atoms with Crippen molar-refractivity contribution in [3.05, 3.63) is 32.3 Å². The van der Waals surface area contributed by atoms with Gasteiger partial charge < -0.3 is 10.1 Å². The van der Waals surface area contributed by atoms with Crippen LogP contribution in [0.15, 0.2) is 12.1 Å². The predicted molar refractivity (Wildman–Crippen MR) is 88.1 cm³/mol. The van der Waals surface area contributed by atoms with Crippen molar-refractivity contribution in [1.29, 1.82) is 0 Å². The minimum absolute atomic E-state index is 0.104. The Balaban J connectivity index is 1.75. The van der Waals surface area contributed by atoms with E-state index in [-0.39, 0.29) is 15.7 Å². The second-order valence-electron chi connectivity index (χ2n) is 5.13. The van der Waals surface area contributed by atoms with Gasteiger partial charge in [-0.05, 0) is 19.4 Å². The maximum absolute atomic E-state index is 10.7. The molecule has 1 heterocycles. The number of anilines is 1. The Morgan fingerprint density at radius 1 is 1.23 bits per heavy atom. The van der Waals surface area contributed by atoms with Gasteiger partial charge in [0, 0.05) is 31.8 Å². The summed E-state index contributed by atoms with van der Waals surface area (Å²) in [6.07, 6.45) is 2.04. The van der Waals surface area contributed by atoms with Crippen LogP contribution in [0, 0.1) is 10.1 Å². The number of hydrogen-bond acceptors (Lipinski definition) is 5. The third kappa shape index (κ3) is 4.98. The van der Waals surface area contributed by atoms with Crippen LogP contribution in [0.25, 0.3) is 0 Å². The van der Waals surface area contributed by atoms with Crippen LogP contribution in [0.3, 0.4) is 0 Å². The standard InChI is InChI=1S/C14H19Cl2N3O3/c15-12-9-11(19(20)21)10-13(16)14(12)17-3-1-2-4-18-5-7-22-8-6-18/h9-10,17H,1-8H2. The Labute approximate surface area is 139 Å². The zero-order valence-electron chi connectivity index (χ0n) is 12.2. The number of ether oxygens (including phenoxy) is 1. The number of nitrogens with zero attached hydrogens (tertiary/aromatic N) is 2. The number of benzene rings is 1. The normalized spacial score (nSPS) is 15.7. The number of morpholine rings is 1. The van der Waals surface area contributed by atoms with Crippen LogP contribution in [-0.4, -0.2) is 49.2 Å². The van der Waals surface area contributed by atoms with Crippen molar-refractivity contribution >= 4 is 34.6 Å². The fourth-order valence-electron chi connectivity index (χ4n) is 2.33. The molecule has 0 aliphatic carbocycles. The van der Waals surface area contributed by atoms with Gasteiger partial charge in [-0.25, -0.2) is 0 Å². The van der Waals surface area contributed by atoms with Crippen molar-refractivity contribution in [3.63, 3.8) is 0 Å².